The molecule has 5 nitrogen and oxygen atoms in total. The standard InChI is InChI=1S/C20H19F3N2O3/c21-15-6-1-4-13(10-15)11-24-18(26)20(28)8-3-9-25(19(20)27)12-14-5-2-7-16(22)17(14)23/h1-2,4-7,10,28H,3,8-9,11-12H2,(H,24,26). The van der Waals surface area contributed by atoms with Gasteiger partial charge in [-0.2, -0.15) is 0 Å². The van der Waals surface area contributed by atoms with Crippen LogP contribution in [0.4, 0.5) is 13.2 Å². The zero-order valence-electron chi connectivity index (χ0n) is 14.9. The van der Waals surface area contributed by atoms with E-state index in [-0.39, 0.29) is 31.6 Å². The molecule has 0 aliphatic carbocycles. The Bertz CT molecular complexity index is 906. The molecule has 1 saturated heterocycles. The minimum atomic E-state index is -2.31. The third kappa shape index (κ3) is 4.01. The van der Waals surface area contributed by atoms with E-state index in [9.17, 15) is 27.9 Å². The van der Waals surface area contributed by atoms with Gasteiger partial charge in [0.15, 0.2) is 11.6 Å². The van der Waals surface area contributed by atoms with Crippen molar-refractivity contribution < 1.29 is 27.9 Å². The lowest BCUT2D eigenvalue weighted by atomic mass is 9.90. The van der Waals surface area contributed by atoms with Crippen LogP contribution in [0.3, 0.4) is 0 Å². The SMILES string of the molecule is O=C(NCc1cccc(F)c1)C1(O)CCCN(Cc2cccc(F)c2F)C1=O. The highest BCUT2D eigenvalue weighted by Gasteiger charge is 2.48. The minimum Gasteiger partial charge on any atom is -0.372 e. The van der Waals surface area contributed by atoms with Gasteiger partial charge in [0.1, 0.15) is 5.82 Å². The molecular weight excluding hydrogens is 373 g/mol. The van der Waals surface area contributed by atoms with Gasteiger partial charge in [-0.15, -0.1) is 0 Å². The third-order valence-corrected chi connectivity index (χ3v) is 4.72. The molecule has 8 heteroatoms. The molecule has 1 aliphatic heterocycles. The van der Waals surface area contributed by atoms with Crippen LogP contribution < -0.4 is 5.32 Å². The molecule has 2 aromatic rings. The number of nitrogens with one attached hydrogen (secondary N) is 1. The average molecular weight is 392 g/mol. The van der Waals surface area contributed by atoms with Crippen LogP contribution in [0.1, 0.15) is 24.0 Å². The predicted molar refractivity (Wildman–Crippen MR) is 94.2 cm³/mol. The Morgan fingerprint density at radius 2 is 1.93 bits per heavy atom. The van der Waals surface area contributed by atoms with E-state index in [0.717, 1.165) is 11.0 Å². The largest absolute Gasteiger partial charge is 0.372 e. The molecule has 3 rings (SSSR count). The lowest BCUT2D eigenvalue weighted by molar-refractivity contribution is -0.166. The maximum atomic E-state index is 13.9. The second kappa shape index (κ2) is 8.02. The minimum absolute atomic E-state index is 0.0437. The number of carbonyl (C=O) groups is 2. The molecule has 2 amide bonds. The van der Waals surface area contributed by atoms with Crippen LogP contribution in [0.25, 0.3) is 0 Å². The van der Waals surface area contributed by atoms with Crippen molar-refractivity contribution in [1.29, 1.82) is 0 Å². The van der Waals surface area contributed by atoms with Crippen molar-refractivity contribution in [2.75, 3.05) is 6.54 Å². The summed E-state index contributed by atoms with van der Waals surface area (Å²) >= 11 is 0. The fraction of sp³-hybridized carbons (Fsp3) is 0.300. The Labute approximate surface area is 159 Å². The summed E-state index contributed by atoms with van der Waals surface area (Å²) in [5.41, 5.74) is -1.88. The summed E-state index contributed by atoms with van der Waals surface area (Å²) < 4.78 is 40.5. The van der Waals surface area contributed by atoms with Crippen LogP contribution in [0.15, 0.2) is 42.5 Å². The summed E-state index contributed by atoms with van der Waals surface area (Å²) in [6, 6.07) is 9.18. The molecule has 0 radical (unpaired) electrons. The van der Waals surface area contributed by atoms with Crippen molar-refractivity contribution in [2.45, 2.75) is 31.5 Å². The van der Waals surface area contributed by atoms with E-state index in [4.69, 9.17) is 0 Å². The Kier molecular flexibility index (Phi) is 5.69. The average Bonchev–Trinajstić information content (AvgIpc) is 2.67. The Morgan fingerprint density at radius 3 is 2.68 bits per heavy atom. The van der Waals surface area contributed by atoms with E-state index in [1.165, 1.54) is 30.3 Å². The van der Waals surface area contributed by atoms with Crippen molar-refractivity contribution in [2.24, 2.45) is 0 Å². The monoisotopic (exact) mass is 392 g/mol. The van der Waals surface area contributed by atoms with Gasteiger partial charge in [-0.3, -0.25) is 9.59 Å². The van der Waals surface area contributed by atoms with Gasteiger partial charge in [0.05, 0.1) is 0 Å². The lowest BCUT2D eigenvalue weighted by Crippen LogP contribution is -2.60. The number of amides is 2. The first-order chi connectivity index (χ1) is 13.3. The van der Waals surface area contributed by atoms with E-state index in [1.807, 2.05) is 0 Å². The van der Waals surface area contributed by atoms with Crippen LogP contribution in [0.5, 0.6) is 0 Å². The topological polar surface area (TPSA) is 69.6 Å². The van der Waals surface area contributed by atoms with Crippen LogP contribution in [-0.2, 0) is 22.7 Å². The lowest BCUT2D eigenvalue weighted by Gasteiger charge is -2.37. The maximum Gasteiger partial charge on any atom is 0.264 e. The van der Waals surface area contributed by atoms with Gasteiger partial charge in [0.2, 0.25) is 5.60 Å². The fourth-order valence-electron chi connectivity index (χ4n) is 3.21. The fourth-order valence-corrected chi connectivity index (χ4v) is 3.21. The summed E-state index contributed by atoms with van der Waals surface area (Å²) in [6.07, 6.45) is 0.218. The van der Waals surface area contributed by atoms with Gasteiger partial charge in [0.25, 0.3) is 11.8 Å². The Balaban J connectivity index is 1.70. The van der Waals surface area contributed by atoms with Gasteiger partial charge in [-0.05, 0) is 36.6 Å². The molecule has 148 valence electrons. The van der Waals surface area contributed by atoms with Gasteiger partial charge in [0, 0.05) is 25.2 Å². The van der Waals surface area contributed by atoms with Crippen molar-refractivity contribution in [3.05, 3.63) is 71.0 Å². The normalized spacial score (nSPS) is 19.6. The van der Waals surface area contributed by atoms with E-state index < -0.39 is 34.9 Å². The second-order valence-electron chi connectivity index (χ2n) is 6.72. The summed E-state index contributed by atoms with van der Waals surface area (Å²) in [6.45, 7) is -0.124. The first-order valence-corrected chi connectivity index (χ1v) is 8.78. The highest BCUT2D eigenvalue weighted by atomic mass is 19.2. The van der Waals surface area contributed by atoms with Crippen molar-refractivity contribution in [3.63, 3.8) is 0 Å². The van der Waals surface area contributed by atoms with Crippen LogP contribution in [0, 0.1) is 17.5 Å². The third-order valence-electron chi connectivity index (χ3n) is 4.72. The van der Waals surface area contributed by atoms with Crippen LogP contribution >= 0.6 is 0 Å². The second-order valence-corrected chi connectivity index (χ2v) is 6.72. The summed E-state index contributed by atoms with van der Waals surface area (Å²) in [4.78, 5) is 26.3. The molecule has 0 bridgehead atoms. The number of benzene rings is 2. The van der Waals surface area contributed by atoms with Crippen molar-refractivity contribution >= 4 is 11.8 Å². The van der Waals surface area contributed by atoms with E-state index >= 15 is 0 Å². The molecule has 1 heterocycles. The number of hydrogen-bond donors (Lipinski definition) is 2. The molecule has 1 unspecified atom stereocenters. The molecule has 0 aromatic heterocycles. The molecule has 1 atom stereocenters. The number of aliphatic hydroxyl groups is 1. The number of likely N-dealkylation sites (tertiary alicyclic amines) is 1. The molecule has 28 heavy (non-hydrogen) atoms. The van der Waals surface area contributed by atoms with Gasteiger partial charge in [-0.25, -0.2) is 13.2 Å². The summed E-state index contributed by atoms with van der Waals surface area (Å²) in [5.74, 6) is -4.36. The molecule has 1 aliphatic rings. The number of piperidine rings is 1. The summed E-state index contributed by atoms with van der Waals surface area (Å²) in [5, 5.41) is 13.1. The number of nitrogens with zero attached hydrogens (tertiary/aromatic N) is 1. The maximum absolute atomic E-state index is 13.9. The first-order valence-electron chi connectivity index (χ1n) is 8.78. The van der Waals surface area contributed by atoms with Crippen molar-refractivity contribution in [1.82, 2.24) is 10.2 Å². The van der Waals surface area contributed by atoms with E-state index in [1.54, 1.807) is 6.07 Å². The number of carbonyl (C=O) groups excluding carboxylic acids is 2. The Hall–Kier alpha value is -2.87. The van der Waals surface area contributed by atoms with Gasteiger partial charge in [-0.1, -0.05) is 24.3 Å². The molecular formula is C20H19F3N2O3. The molecule has 1 fully saturated rings. The van der Waals surface area contributed by atoms with Gasteiger partial charge >= 0.3 is 0 Å². The zero-order valence-corrected chi connectivity index (χ0v) is 14.9. The van der Waals surface area contributed by atoms with Crippen molar-refractivity contribution in [3.8, 4) is 0 Å². The predicted octanol–water partition coefficient (Wildman–Crippen LogP) is 2.27. The smallest absolute Gasteiger partial charge is 0.264 e. The van der Waals surface area contributed by atoms with Gasteiger partial charge < -0.3 is 15.3 Å². The molecule has 2 N–H and O–H groups in total. The molecule has 0 saturated carbocycles. The number of hydrogen-bond acceptors (Lipinski definition) is 3. The zero-order chi connectivity index (χ0) is 20.3. The van der Waals surface area contributed by atoms with E-state index in [0.29, 0.717) is 12.0 Å². The first kappa shape index (κ1) is 19.9. The quantitative estimate of drug-likeness (QED) is 0.767. The number of halogens is 3. The highest BCUT2D eigenvalue weighted by molar-refractivity contribution is 6.08. The van der Waals surface area contributed by atoms with Crippen LogP contribution in [-0.4, -0.2) is 34.0 Å². The Morgan fingerprint density at radius 1 is 1.18 bits per heavy atom. The summed E-state index contributed by atoms with van der Waals surface area (Å²) in [7, 11) is 0. The molecule has 2 aromatic carbocycles. The number of rotatable bonds is 5. The molecule has 0 spiro atoms. The highest BCUT2D eigenvalue weighted by Crippen LogP contribution is 2.25. The van der Waals surface area contributed by atoms with Crippen LogP contribution in [0.2, 0.25) is 0 Å². The van der Waals surface area contributed by atoms with E-state index in [2.05, 4.69) is 5.32 Å².